The van der Waals surface area contributed by atoms with Gasteiger partial charge in [0.2, 0.25) is 0 Å². The van der Waals surface area contributed by atoms with Crippen molar-refractivity contribution in [3.05, 3.63) is 46.5 Å². The van der Waals surface area contributed by atoms with Gasteiger partial charge in [-0.3, -0.25) is 4.68 Å². The first-order valence-corrected chi connectivity index (χ1v) is 8.23. The first kappa shape index (κ1) is 16.0. The number of halogens is 1. The zero-order valence-electron chi connectivity index (χ0n) is 14.2. The van der Waals surface area contributed by atoms with Crippen LogP contribution in [0.1, 0.15) is 54.9 Å². The second-order valence-corrected chi connectivity index (χ2v) is 6.16. The molecule has 0 saturated carbocycles. The predicted molar refractivity (Wildman–Crippen MR) is 88.2 cm³/mol. The van der Waals surface area contributed by atoms with E-state index in [9.17, 15) is 4.39 Å². The summed E-state index contributed by atoms with van der Waals surface area (Å²) in [4.78, 5) is 0. The molecule has 0 bridgehead atoms. The fourth-order valence-electron chi connectivity index (χ4n) is 3.57. The summed E-state index contributed by atoms with van der Waals surface area (Å²) in [6.07, 6.45) is 0.834. The molecule has 0 fully saturated rings. The second-order valence-electron chi connectivity index (χ2n) is 6.16. The molecule has 2 unspecified atom stereocenters. The summed E-state index contributed by atoms with van der Waals surface area (Å²) in [7, 11) is 0. The summed E-state index contributed by atoms with van der Waals surface area (Å²) in [5.41, 5.74) is 4.38. The van der Waals surface area contributed by atoms with E-state index in [0.29, 0.717) is 6.61 Å². The first-order valence-electron chi connectivity index (χ1n) is 8.23. The van der Waals surface area contributed by atoms with Gasteiger partial charge >= 0.3 is 0 Å². The van der Waals surface area contributed by atoms with Crippen molar-refractivity contribution in [3.8, 4) is 5.75 Å². The zero-order valence-corrected chi connectivity index (χ0v) is 14.2. The second kappa shape index (κ2) is 6.32. The van der Waals surface area contributed by atoms with Gasteiger partial charge in [0.05, 0.1) is 12.3 Å². The number of nitrogens with one attached hydrogen (secondary N) is 1. The monoisotopic (exact) mass is 317 g/mol. The van der Waals surface area contributed by atoms with Crippen molar-refractivity contribution >= 4 is 0 Å². The van der Waals surface area contributed by atoms with Gasteiger partial charge in [-0.15, -0.1) is 0 Å². The van der Waals surface area contributed by atoms with Gasteiger partial charge in [-0.2, -0.15) is 5.10 Å². The number of fused-ring (bicyclic) bond motifs is 1. The molecule has 1 aliphatic rings. The number of aromatic nitrogens is 2. The summed E-state index contributed by atoms with van der Waals surface area (Å²) >= 11 is 0. The molecule has 124 valence electrons. The number of nitrogens with zero attached hydrogens (tertiary/aromatic N) is 2. The number of ether oxygens (including phenoxy) is 1. The number of benzene rings is 1. The van der Waals surface area contributed by atoms with Crippen LogP contribution in [0.2, 0.25) is 0 Å². The van der Waals surface area contributed by atoms with Gasteiger partial charge in [0.25, 0.3) is 0 Å². The minimum absolute atomic E-state index is 0.0910. The minimum Gasteiger partial charge on any atom is -0.493 e. The normalized spacial score (nSPS) is 18.4. The third-order valence-electron chi connectivity index (χ3n) is 4.63. The number of hydrogen-bond acceptors (Lipinski definition) is 3. The van der Waals surface area contributed by atoms with E-state index in [0.717, 1.165) is 30.0 Å². The summed E-state index contributed by atoms with van der Waals surface area (Å²) in [6.45, 7) is 9.91. The maximum atomic E-state index is 13.6. The van der Waals surface area contributed by atoms with E-state index >= 15 is 0 Å². The van der Waals surface area contributed by atoms with Gasteiger partial charge in [-0.1, -0.05) is 0 Å². The van der Waals surface area contributed by atoms with Crippen LogP contribution < -0.4 is 10.1 Å². The van der Waals surface area contributed by atoms with Crippen molar-refractivity contribution in [1.82, 2.24) is 15.1 Å². The Hall–Kier alpha value is -1.88. The van der Waals surface area contributed by atoms with Gasteiger partial charge < -0.3 is 10.1 Å². The fraction of sp³-hybridized carbons (Fsp3) is 0.500. The Labute approximate surface area is 136 Å². The molecule has 23 heavy (non-hydrogen) atoms. The largest absolute Gasteiger partial charge is 0.493 e. The van der Waals surface area contributed by atoms with Gasteiger partial charge in [-0.05, 0) is 45.9 Å². The lowest BCUT2D eigenvalue weighted by Gasteiger charge is -2.29. The molecule has 5 heteroatoms. The first-order chi connectivity index (χ1) is 11.0. The Morgan fingerprint density at radius 2 is 2.22 bits per heavy atom. The average Bonchev–Trinajstić information content (AvgIpc) is 2.82. The Balaban J connectivity index is 1.86. The van der Waals surface area contributed by atoms with Crippen LogP contribution >= 0.6 is 0 Å². The van der Waals surface area contributed by atoms with Gasteiger partial charge in [0, 0.05) is 41.9 Å². The Kier molecular flexibility index (Phi) is 4.39. The summed E-state index contributed by atoms with van der Waals surface area (Å²) in [5, 5.41) is 8.23. The van der Waals surface area contributed by atoms with Crippen LogP contribution in [0.15, 0.2) is 18.2 Å². The van der Waals surface area contributed by atoms with Crippen molar-refractivity contribution < 1.29 is 9.13 Å². The number of aryl methyl sites for hydroxylation is 2. The highest BCUT2D eigenvalue weighted by molar-refractivity contribution is 5.38. The fourth-order valence-corrected chi connectivity index (χ4v) is 3.57. The van der Waals surface area contributed by atoms with Gasteiger partial charge in [-0.25, -0.2) is 4.39 Å². The molecule has 1 N–H and O–H groups in total. The van der Waals surface area contributed by atoms with E-state index in [2.05, 4.69) is 31.2 Å². The van der Waals surface area contributed by atoms with Crippen molar-refractivity contribution in [2.24, 2.45) is 0 Å². The third-order valence-corrected chi connectivity index (χ3v) is 4.63. The quantitative estimate of drug-likeness (QED) is 0.931. The number of hydrogen-bond donors (Lipinski definition) is 1. The standard InChI is InChI=1S/C18H24FN3O/c1-5-22-13(4)18(12(3)21-22)11(2)20-16-8-9-23-17-7-6-14(19)10-15(16)17/h6-7,10-11,16,20H,5,8-9H2,1-4H3. The van der Waals surface area contributed by atoms with Crippen LogP contribution in [0.25, 0.3) is 0 Å². The Bertz CT molecular complexity index is 711. The molecule has 1 aromatic heterocycles. The zero-order chi connectivity index (χ0) is 16.6. The average molecular weight is 317 g/mol. The van der Waals surface area contributed by atoms with E-state index in [-0.39, 0.29) is 17.9 Å². The minimum atomic E-state index is -0.222. The van der Waals surface area contributed by atoms with Crippen LogP contribution in [0.5, 0.6) is 5.75 Å². The molecule has 0 amide bonds. The lowest BCUT2D eigenvalue weighted by Crippen LogP contribution is -2.30. The molecule has 3 rings (SSSR count). The van der Waals surface area contributed by atoms with Crippen LogP contribution in [-0.2, 0) is 6.54 Å². The van der Waals surface area contributed by atoms with E-state index in [1.807, 2.05) is 11.6 Å². The maximum absolute atomic E-state index is 13.6. The van der Waals surface area contributed by atoms with Crippen LogP contribution in [-0.4, -0.2) is 16.4 Å². The highest BCUT2D eigenvalue weighted by Gasteiger charge is 2.25. The molecule has 4 nitrogen and oxygen atoms in total. The Morgan fingerprint density at radius 1 is 1.43 bits per heavy atom. The molecule has 1 aromatic carbocycles. The van der Waals surface area contributed by atoms with E-state index in [1.54, 1.807) is 12.1 Å². The van der Waals surface area contributed by atoms with Crippen molar-refractivity contribution in [2.75, 3.05) is 6.61 Å². The highest BCUT2D eigenvalue weighted by atomic mass is 19.1. The summed E-state index contributed by atoms with van der Waals surface area (Å²) < 4.78 is 21.3. The van der Waals surface area contributed by atoms with E-state index in [1.165, 1.54) is 17.3 Å². The summed E-state index contributed by atoms with van der Waals surface area (Å²) in [5.74, 6) is 0.555. The number of rotatable bonds is 4. The van der Waals surface area contributed by atoms with Crippen molar-refractivity contribution in [2.45, 2.75) is 52.7 Å². The molecule has 1 aliphatic heterocycles. The molecular formula is C18H24FN3O. The SMILES string of the molecule is CCn1nc(C)c(C(C)NC2CCOc3ccc(F)cc32)c1C. The summed E-state index contributed by atoms with van der Waals surface area (Å²) in [6, 6.07) is 4.98. The predicted octanol–water partition coefficient (Wildman–Crippen LogP) is 3.83. The van der Waals surface area contributed by atoms with Gasteiger partial charge in [0.15, 0.2) is 0 Å². The maximum Gasteiger partial charge on any atom is 0.124 e. The molecule has 2 aromatic rings. The molecule has 0 aliphatic carbocycles. The molecule has 2 heterocycles. The molecule has 0 radical (unpaired) electrons. The smallest absolute Gasteiger partial charge is 0.124 e. The van der Waals surface area contributed by atoms with Crippen LogP contribution in [0, 0.1) is 19.7 Å². The lowest BCUT2D eigenvalue weighted by atomic mass is 9.97. The van der Waals surface area contributed by atoms with E-state index in [4.69, 9.17) is 4.74 Å². The van der Waals surface area contributed by atoms with Gasteiger partial charge in [0.1, 0.15) is 11.6 Å². The molecule has 2 atom stereocenters. The Morgan fingerprint density at radius 3 is 2.91 bits per heavy atom. The lowest BCUT2D eigenvalue weighted by molar-refractivity contribution is 0.245. The molecular weight excluding hydrogens is 293 g/mol. The van der Waals surface area contributed by atoms with Crippen molar-refractivity contribution in [3.63, 3.8) is 0 Å². The van der Waals surface area contributed by atoms with Crippen LogP contribution in [0.3, 0.4) is 0 Å². The van der Waals surface area contributed by atoms with E-state index < -0.39 is 0 Å². The van der Waals surface area contributed by atoms with Crippen molar-refractivity contribution in [1.29, 1.82) is 0 Å². The topological polar surface area (TPSA) is 39.1 Å². The molecule has 0 saturated heterocycles. The highest BCUT2D eigenvalue weighted by Crippen LogP contribution is 2.34. The van der Waals surface area contributed by atoms with Crippen LogP contribution in [0.4, 0.5) is 4.39 Å². The molecule has 0 spiro atoms. The third kappa shape index (κ3) is 2.98.